The predicted octanol–water partition coefficient (Wildman–Crippen LogP) is 2.91. The second kappa shape index (κ2) is 7.79. The Morgan fingerprint density at radius 2 is 1.52 bits per heavy atom. The van der Waals surface area contributed by atoms with Crippen molar-refractivity contribution in [3.8, 4) is 0 Å². The van der Waals surface area contributed by atoms with Crippen LogP contribution in [0.3, 0.4) is 0 Å². The summed E-state index contributed by atoms with van der Waals surface area (Å²) >= 11 is 1.21. The molecular weight excluding hydrogens is 372 g/mol. The van der Waals surface area contributed by atoms with Gasteiger partial charge in [0.1, 0.15) is 5.52 Å². The maximum Gasteiger partial charge on any atom is 0.337 e. The van der Waals surface area contributed by atoms with Crippen molar-refractivity contribution in [1.29, 1.82) is 0 Å². The van der Waals surface area contributed by atoms with E-state index in [1.165, 1.54) is 44.0 Å². The first-order valence-corrected chi connectivity index (χ1v) is 8.39. The summed E-state index contributed by atoms with van der Waals surface area (Å²) in [6.07, 6.45) is 0. The smallest absolute Gasteiger partial charge is 0.337 e. The highest BCUT2D eigenvalue weighted by Crippen LogP contribution is 2.21. The Hall–Kier alpha value is -3.53. The normalized spacial score (nSPS) is 10.3. The average molecular weight is 386 g/mol. The van der Waals surface area contributed by atoms with Crippen LogP contribution in [0.15, 0.2) is 36.4 Å². The number of amides is 2. The first kappa shape index (κ1) is 18.3. The standard InChI is InChI=1S/C17H14N4O5S/c1-25-15(22)9-5-10(16(23)26-2)7-12(6-9)19-17(24)18-11-3-4-13-14(8-11)27-21-20-13/h3-8H,1-2H3,(H2,18,19,24). The van der Waals surface area contributed by atoms with Gasteiger partial charge in [-0.2, -0.15) is 0 Å². The molecule has 0 aliphatic rings. The SMILES string of the molecule is COC(=O)c1cc(NC(=O)Nc2ccc3nnsc3c2)cc(C(=O)OC)c1. The summed E-state index contributed by atoms with van der Waals surface area (Å²) < 4.78 is 14.0. The number of carbonyl (C=O) groups is 3. The fourth-order valence-electron chi connectivity index (χ4n) is 2.32. The summed E-state index contributed by atoms with van der Waals surface area (Å²) in [4.78, 5) is 35.9. The number of hydrogen-bond acceptors (Lipinski definition) is 8. The summed E-state index contributed by atoms with van der Waals surface area (Å²) in [5, 5.41) is 9.17. The number of esters is 2. The molecular formula is C17H14N4O5S. The molecule has 3 rings (SSSR count). The molecule has 0 aliphatic heterocycles. The third kappa shape index (κ3) is 4.18. The Morgan fingerprint density at radius 1 is 0.889 bits per heavy atom. The molecule has 0 aliphatic carbocycles. The van der Waals surface area contributed by atoms with Gasteiger partial charge in [-0.1, -0.05) is 4.49 Å². The third-order valence-corrected chi connectivity index (χ3v) is 4.23. The lowest BCUT2D eigenvalue weighted by molar-refractivity contribution is 0.0599. The molecule has 3 aromatic rings. The van der Waals surface area contributed by atoms with Crippen LogP contribution in [0.1, 0.15) is 20.7 Å². The van der Waals surface area contributed by atoms with Crippen LogP contribution < -0.4 is 10.6 Å². The Bertz CT molecular complexity index is 999. The predicted molar refractivity (Wildman–Crippen MR) is 99.2 cm³/mol. The minimum atomic E-state index is -0.646. The molecule has 9 nitrogen and oxygen atoms in total. The molecule has 0 bridgehead atoms. The summed E-state index contributed by atoms with van der Waals surface area (Å²) in [6, 6.07) is 8.73. The number of nitrogens with zero attached hydrogens (tertiary/aromatic N) is 2. The molecule has 10 heteroatoms. The zero-order chi connectivity index (χ0) is 19.4. The monoisotopic (exact) mass is 386 g/mol. The van der Waals surface area contributed by atoms with E-state index in [4.69, 9.17) is 0 Å². The Morgan fingerprint density at radius 3 is 2.15 bits per heavy atom. The molecule has 0 atom stereocenters. The highest BCUT2D eigenvalue weighted by atomic mass is 32.1. The number of benzene rings is 2. The van der Waals surface area contributed by atoms with E-state index < -0.39 is 18.0 Å². The van der Waals surface area contributed by atoms with E-state index in [-0.39, 0.29) is 16.8 Å². The number of ether oxygens (including phenoxy) is 2. The van der Waals surface area contributed by atoms with Gasteiger partial charge in [-0.25, -0.2) is 14.4 Å². The second-order valence-electron chi connectivity index (χ2n) is 5.32. The lowest BCUT2D eigenvalue weighted by Crippen LogP contribution is -2.20. The number of carbonyl (C=O) groups excluding carboxylic acids is 3. The Balaban J connectivity index is 1.81. The van der Waals surface area contributed by atoms with Crippen molar-refractivity contribution in [3.63, 3.8) is 0 Å². The molecule has 0 radical (unpaired) electrons. The van der Waals surface area contributed by atoms with E-state index in [1.54, 1.807) is 18.2 Å². The Labute approximate surface area is 157 Å². The first-order valence-electron chi connectivity index (χ1n) is 7.62. The summed E-state index contributed by atoms with van der Waals surface area (Å²) in [5.74, 6) is -1.29. The fraction of sp³-hybridized carbons (Fsp3) is 0.118. The van der Waals surface area contributed by atoms with E-state index in [2.05, 4.69) is 29.7 Å². The average Bonchev–Trinajstić information content (AvgIpc) is 3.14. The van der Waals surface area contributed by atoms with Gasteiger partial charge in [0, 0.05) is 11.4 Å². The maximum atomic E-state index is 12.3. The highest BCUT2D eigenvalue weighted by Gasteiger charge is 2.15. The summed E-state index contributed by atoms with van der Waals surface area (Å²) in [5.41, 5.74) is 1.72. The van der Waals surface area contributed by atoms with E-state index >= 15 is 0 Å². The molecule has 0 fully saturated rings. The number of nitrogens with one attached hydrogen (secondary N) is 2. The number of methoxy groups -OCH3 is 2. The van der Waals surface area contributed by atoms with Crippen molar-refractivity contribution in [1.82, 2.24) is 9.59 Å². The molecule has 1 heterocycles. The Kier molecular flexibility index (Phi) is 5.27. The maximum absolute atomic E-state index is 12.3. The van der Waals surface area contributed by atoms with Crippen LogP contribution in [-0.2, 0) is 9.47 Å². The van der Waals surface area contributed by atoms with Crippen molar-refractivity contribution in [2.45, 2.75) is 0 Å². The van der Waals surface area contributed by atoms with E-state index in [0.29, 0.717) is 5.69 Å². The van der Waals surface area contributed by atoms with Crippen molar-refractivity contribution in [2.75, 3.05) is 24.9 Å². The molecule has 27 heavy (non-hydrogen) atoms. The van der Waals surface area contributed by atoms with E-state index in [9.17, 15) is 14.4 Å². The molecule has 2 N–H and O–H groups in total. The fourth-order valence-corrected chi connectivity index (χ4v) is 2.92. The van der Waals surface area contributed by atoms with Crippen LogP contribution >= 0.6 is 11.5 Å². The quantitative estimate of drug-likeness (QED) is 0.662. The molecule has 2 amide bonds. The molecule has 1 aromatic heterocycles. The van der Waals surface area contributed by atoms with Gasteiger partial charge in [-0.3, -0.25) is 0 Å². The zero-order valence-corrected chi connectivity index (χ0v) is 15.1. The van der Waals surface area contributed by atoms with Gasteiger partial charge in [0.2, 0.25) is 0 Å². The molecule has 0 spiro atoms. The number of aromatic nitrogens is 2. The van der Waals surface area contributed by atoms with Gasteiger partial charge in [0.25, 0.3) is 0 Å². The minimum Gasteiger partial charge on any atom is -0.465 e. The summed E-state index contributed by atoms with van der Waals surface area (Å²) in [7, 11) is 2.44. The molecule has 0 saturated heterocycles. The van der Waals surface area contributed by atoms with E-state index in [1.807, 2.05) is 0 Å². The second-order valence-corrected chi connectivity index (χ2v) is 6.10. The number of fused-ring (bicyclic) bond motifs is 1. The number of hydrogen-bond donors (Lipinski definition) is 2. The van der Waals surface area contributed by atoms with Gasteiger partial charge >= 0.3 is 18.0 Å². The van der Waals surface area contributed by atoms with Crippen molar-refractivity contribution in [2.24, 2.45) is 0 Å². The number of anilines is 2. The van der Waals surface area contributed by atoms with Crippen LogP contribution in [0.4, 0.5) is 16.2 Å². The molecule has 2 aromatic carbocycles. The molecule has 0 saturated carbocycles. The number of rotatable bonds is 4. The van der Waals surface area contributed by atoms with Crippen LogP contribution in [0.2, 0.25) is 0 Å². The van der Waals surface area contributed by atoms with Gasteiger partial charge in [0.05, 0.1) is 30.0 Å². The zero-order valence-electron chi connectivity index (χ0n) is 14.3. The number of urea groups is 1. The lowest BCUT2D eigenvalue weighted by atomic mass is 10.1. The van der Waals surface area contributed by atoms with Crippen LogP contribution in [-0.4, -0.2) is 41.8 Å². The third-order valence-electron chi connectivity index (χ3n) is 3.54. The topological polar surface area (TPSA) is 120 Å². The van der Waals surface area contributed by atoms with Gasteiger partial charge in [-0.05, 0) is 47.9 Å². The van der Waals surface area contributed by atoms with Crippen molar-refractivity contribution < 1.29 is 23.9 Å². The van der Waals surface area contributed by atoms with Gasteiger partial charge in [-0.15, -0.1) is 5.10 Å². The van der Waals surface area contributed by atoms with Crippen LogP contribution in [0.25, 0.3) is 10.2 Å². The minimum absolute atomic E-state index is 0.104. The summed E-state index contributed by atoms with van der Waals surface area (Å²) in [6.45, 7) is 0. The van der Waals surface area contributed by atoms with Crippen LogP contribution in [0.5, 0.6) is 0 Å². The highest BCUT2D eigenvalue weighted by molar-refractivity contribution is 7.12. The molecule has 138 valence electrons. The lowest BCUT2D eigenvalue weighted by Gasteiger charge is -2.10. The van der Waals surface area contributed by atoms with Gasteiger partial charge < -0.3 is 20.1 Å². The first-order chi connectivity index (χ1) is 13.0. The van der Waals surface area contributed by atoms with Crippen molar-refractivity contribution >= 4 is 51.1 Å². The van der Waals surface area contributed by atoms with Gasteiger partial charge in [0.15, 0.2) is 0 Å². The van der Waals surface area contributed by atoms with Crippen LogP contribution in [0, 0.1) is 0 Å². The largest absolute Gasteiger partial charge is 0.465 e. The van der Waals surface area contributed by atoms with E-state index in [0.717, 1.165) is 10.2 Å². The molecule has 0 unspecified atom stereocenters. The van der Waals surface area contributed by atoms with Crippen molar-refractivity contribution in [3.05, 3.63) is 47.5 Å².